The van der Waals surface area contributed by atoms with Gasteiger partial charge in [0, 0.05) is 83.3 Å². The number of aliphatic hydroxyl groups excluding tert-OH is 3. The van der Waals surface area contributed by atoms with Crippen molar-refractivity contribution in [1.82, 2.24) is 19.9 Å². The Labute approximate surface area is 535 Å². The van der Waals surface area contributed by atoms with Gasteiger partial charge in [-0.05, 0) is 145 Å². The number of benzene rings is 3. The Morgan fingerprint density at radius 1 is 0.505 bits per heavy atom. The van der Waals surface area contributed by atoms with E-state index in [0.29, 0.717) is 64.5 Å². The highest BCUT2D eigenvalue weighted by Crippen LogP contribution is 2.53. The van der Waals surface area contributed by atoms with Crippen molar-refractivity contribution in [1.29, 1.82) is 15.8 Å². The molecule has 4 aliphatic carbocycles. The molecule has 0 radical (unpaired) electrons. The van der Waals surface area contributed by atoms with Crippen LogP contribution in [0, 0.1) is 129 Å². The van der Waals surface area contributed by atoms with Gasteiger partial charge in [-0.25, -0.2) is 0 Å². The molecular formula is C77H83N7O7. The number of fused-ring (bicyclic) bond motifs is 3. The van der Waals surface area contributed by atoms with Gasteiger partial charge in [0.25, 0.3) is 0 Å². The van der Waals surface area contributed by atoms with Crippen molar-refractivity contribution in [2.45, 2.75) is 79.4 Å². The van der Waals surface area contributed by atoms with Crippen molar-refractivity contribution < 1.29 is 34.4 Å². The standard InChI is InChI=1S/C26H29N3O2.C26H28N2O2.C25H26N2O3/c1-16-12-24-25(23(15-30)26(31)29(24)3)21(17(16)2)11-10-20-9-8-19(14-28-20)22-7-5-4-6-18(22)13-27;1-16-11-20-12-25(30)24(15-29)26(20)22(17(16)2)10-9-21-8-7-19(14-28-21)23-6-4-3-5-18(23)13-27;1-15-11-23-24(22(14-28)25(29)30-23)20(16(15)2)10-9-19-8-7-18(13-27-19)21-6-4-3-5-17(21)12-26/h4-11,14,16-17,21,23-25,30H,12,15H2,1-3H3;3-10,14,16-17,20,22,24,26,29H,11-12,15H2,1-2H3;3-10,13,15-16,20,22-24,28H,11,14H2,1-2H3/b11-10+;2*10-9+/t16-,17+,21-,23+,24+,25+;16-,17+,20-,22-,24-,26+;15-,16+,20-,22+,23+,24+/m000/s1. The number of likely N-dealkylation sites (tertiary alicyclic amines) is 1. The zero-order valence-electron chi connectivity index (χ0n) is 53.0. The summed E-state index contributed by atoms with van der Waals surface area (Å²) >= 11 is 0. The van der Waals surface area contributed by atoms with Crippen LogP contribution in [0.2, 0.25) is 0 Å². The highest BCUT2D eigenvalue weighted by atomic mass is 16.6. The Balaban J connectivity index is 0.000000150. The number of amides is 1. The number of nitriles is 3. The van der Waals surface area contributed by atoms with Crippen molar-refractivity contribution in [3.05, 3.63) is 180 Å². The summed E-state index contributed by atoms with van der Waals surface area (Å²) < 4.78 is 5.58. The van der Waals surface area contributed by atoms with Crippen LogP contribution >= 0.6 is 0 Å². The maximum atomic E-state index is 12.7. The summed E-state index contributed by atoms with van der Waals surface area (Å²) in [5.74, 6) is 3.16. The van der Waals surface area contributed by atoms with Crippen molar-refractivity contribution in [2.75, 3.05) is 26.9 Å². The molecule has 14 nitrogen and oxygen atoms in total. The van der Waals surface area contributed by atoms with E-state index >= 15 is 0 Å². The van der Waals surface area contributed by atoms with Gasteiger partial charge in [0.05, 0.1) is 83.6 Å². The Hall–Kier alpha value is -8.71. The molecule has 3 N–H and O–H groups in total. The smallest absolute Gasteiger partial charge is 0.312 e. The quantitative estimate of drug-likeness (QED) is 0.0969. The summed E-state index contributed by atoms with van der Waals surface area (Å²) in [5, 5.41) is 57.5. The fraction of sp³-hybridized carbons (Fsp3) is 0.416. The molecule has 12 rings (SSSR count). The second-order valence-corrected chi connectivity index (χ2v) is 26.4. The van der Waals surface area contributed by atoms with Gasteiger partial charge in [-0.15, -0.1) is 0 Å². The third kappa shape index (κ3) is 13.7. The van der Waals surface area contributed by atoms with E-state index in [1.165, 1.54) is 0 Å². The van der Waals surface area contributed by atoms with Crippen LogP contribution in [0.3, 0.4) is 0 Å². The number of ketones is 1. The molecule has 4 saturated carbocycles. The maximum absolute atomic E-state index is 12.7. The number of nitrogens with zero attached hydrogens (tertiary/aromatic N) is 7. The minimum absolute atomic E-state index is 0.00623. The van der Waals surface area contributed by atoms with E-state index in [2.05, 4.69) is 92.9 Å². The number of Topliss-reactive ketones (excluding diaryl/α,β-unsaturated/α-hetero) is 1. The third-order valence-corrected chi connectivity index (χ3v) is 21.7. The molecule has 18 atom stereocenters. The van der Waals surface area contributed by atoms with Crippen LogP contribution in [-0.4, -0.2) is 91.8 Å². The van der Waals surface area contributed by atoms with E-state index in [-0.39, 0.29) is 97.0 Å². The van der Waals surface area contributed by atoms with Crippen molar-refractivity contribution in [3.63, 3.8) is 0 Å². The molecule has 0 bridgehead atoms. The van der Waals surface area contributed by atoms with Gasteiger partial charge in [-0.1, -0.05) is 133 Å². The van der Waals surface area contributed by atoms with E-state index in [9.17, 15) is 45.5 Å². The number of esters is 1. The summed E-state index contributed by atoms with van der Waals surface area (Å²) in [6.07, 6.45) is 21.4. The number of ether oxygens (including phenoxy) is 1. The van der Waals surface area contributed by atoms with Crippen LogP contribution < -0.4 is 0 Å². The minimum atomic E-state index is -0.447. The van der Waals surface area contributed by atoms with E-state index in [1.807, 2.05) is 133 Å². The zero-order chi connectivity index (χ0) is 64.6. The average molecular weight is 1220 g/mol. The molecule has 3 aromatic carbocycles. The van der Waals surface area contributed by atoms with Crippen LogP contribution in [0.4, 0.5) is 0 Å². The van der Waals surface area contributed by atoms with Gasteiger partial charge < -0.3 is 25.0 Å². The molecule has 0 unspecified atom stereocenters. The van der Waals surface area contributed by atoms with Gasteiger partial charge in [-0.2, -0.15) is 15.8 Å². The number of pyridine rings is 3. The van der Waals surface area contributed by atoms with E-state index in [1.54, 1.807) is 24.7 Å². The number of allylic oxidation sites excluding steroid dienone is 3. The topological polar surface area (TPSA) is 234 Å². The molecular weight excluding hydrogens is 1130 g/mol. The molecule has 468 valence electrons. The molecule has 2 saturated heterocycles. The second-order valence-electron chi connectivity index (χ2n) is 26.4. The van der Waals surface area contributed by atoms with E-state index in [0.717, 1.165) is 69.7 Å². The predicted molar refractivity (Wildman–Crippen MR) is 351 cm³/mol. The van der Waals surface area contributed by atoms with Crippen LogP contribution in [0.5, 0.6) is 0 Å². The zero-order valence-corrected chi connectivity index (χ0v) is 53.0. The number of carbonyl (C=O) groups excluding carboxylic acids is 3. The molecule has 3 aromatic heterocycles. The average Bonchev–Trinajstić information content (AvgIpc) is 1.64. The number of rotatable bonds is 12. The number of hydrogen-bond acceptors (Lipinski definition) is 13. The number of carbonyl (C=O) groups is 3. The maximum Gasteiger partial charge on any atom is 0.312 e. The summed E-state index contributed by atoms with van der Waals surface area (Å²) in [6, 6.07) is 41.2. The molecule has 6 aromatic rings. The summed E-state index contributed by atoms with van der Waals surface area (Å²) in [6.45, 7) is 13.1. The molecule has 6 aliphatic rings. The largest absolute Gasteiger partial charge is 0.462 e. The highest BCUT2D eigenvalue weighted by molar-refractivity contribution is 5.84. The molecule has 14 heteroatoms. The lowest BCUT2D eigenvalue weighted by molar-refractivity contribution is -0.145. The number of hydrogen-bond donors (Lipinski definition) is 3. The lowest BCUT2D eigenvalue weighted by atomic mass is 9.62. The lowest BCUT2D eigenvalue weighted by Gasteiger charge is -2.43. The van der Waals surface area contributed by atoms with Crippen LogP contribution in [0.25, 0.3) is 51.6 Å². The summed E-state index contributed by atoms with van der Waals surface area (Å²) in [7, 11) is 1.87. The molecule has 5 heterocycles. The first-order chi connectivity index (χ1) is 44.0. The first-order valence-corrected chi connectivity index (χ1v) is 32.3. The van der Waals surface area contributed by atoms with Gasteiger partial charge in [0.15, 0.2) is 0 Å². The van der Waals surface area contributed by atoms with Crippen LogP contribution in [0.1, 0.15) is 101 Å². The summed E-state index contributed by atoms with van der Waals surface area (Å²) in [4.78, 5) is 52.9. The van der Waals surface area contributed by atoms with E-state index in [4.69, 9.17) is 4.74 Å². The minimum Gasteiger partial charge on any atom is -0.462 e. The van der Waals surface area contributed by atoms with Crippen LogP contribution in [0.15, 0.2) is 146 Å². The Bertz CT molecular complexity index is 3620. The Morgan fingerprint density at radius 2 is 0.901 bits per heavy atom. The molecule has 2 aliphatic heterocycles. The molecule has 0 spiro atoms. The molecule has 6 fully saturated rings. The Kier molecular flexibility index (Phi) is 20.8. The van der Waals surface area contributed by atoms with Crippen molar-refractivity contribution in [3.8, 4) is 51.6 Å². The SMILES string of the molecule is C[C@H]1[C@H](/C=C/c2ccc(-c3ccccc3C#N)cn2)[C@H]2[C@@H](C[C@@H]1C)N(C)C(=O)[C@@H]2CO.C[C@H]1[C@H](/C=C/c2ccc(-c3ccccc3C#N)cn2)[C@H]2[C@@H](C[C@@H]1C)OC(=O)[C@@H]2CO.C[C@H]1[C@H](/C=C/c2ccc(-c3ccccc3C#N)cn2)[C@H]2[C@H](CC(=O)[C@@H]2CO)C[C@@H]1C. The van der Waals surface area contributed by atoms with Crippen molar-refractivity contribution >= 4 is 35.9 Å². The highest BCUT2D eigenvalue weighted by Gasteiger charge is 2.55. The van der Waals surface area contributed by atoms with Gasteiger partial charge in [-0.3, -0.25) is 29.3 Å². The first-order valence-electron chi connectivity index (χ1n) is 32.3. The number of aliphatic hydroxyl groups is 3. The lowest BCUT2D eigenvalue weighted by Crippen LogP contribution is -2.44. The van der Waals surface area contributed by atoms with Crippen molar-refractivity contribution in [2.24, 2.45) is 94.7 Å². The van der Waals surface area contributed by atoms with E-state index < -0.39 is 5.92 Å². The monoisotopic (exact) mass is 1220 g/mol. The summed E-state index contributed by atoms with van der Waals surface area (Å²) in [5.41, 5.74) is 9.79. The van der Waals surface area contributed by atoms with Gasteiger partial charge >= 0.3 is 5.97 Å². The number of aromatic nitrogens is 3. The fourth-order valence-electron chi connectivity index (χ4n) is 16.0. The van der Waals surface area contributed by atoms with Gasteiger partial charge in [0.1, 0.15) is 11.9 Å². The third-order valence-electron chi connectivity index (χ3n) is 21.7. The second kappa shape index (κ2) is 29.1. The molecule has 91 heavy (non-hydrogen) atoms. The normalized spacial score (nSPS) is 30.7. The predicted octanol–water partition coefficient (Wildman–Crippen LogP) is 12.8. The van der Waals surface area contributed by atoms with Crippen LogP contribution in [-0.2, 0) is 19.1 Å². The Morgan fingerprint density at radius 3 is 1.31 bits per heavy atom. The molecule has 1 amide bonds. The first kappa shape index (κ1) is 65.2. The van der Waals surface area contributed by atoms with Gasteiger partial charge in [0.2, 0.25) is 5.91 Å². The fourth-order valence-corrected chi connectivity index (χ4v) is 16.0.